The number of para-hydroxylation sites is 2. The zero-order valence-electron chi connectivity index (χ0n) is 12.2. The van der Waals surface area contributed by atoms with E-state index in [-0.39, 0.29) is 12.5 Å². The van der Waals surface area contributed by atoms with Crippen molar-refractivity contribution in [3.05, 3.63) is 53.0 Å². The van der Waals surface area contributed by atoms with Crippen LogP contribution in [0.25, 0.3) is 11.0 Å². The summed E-state index contributed by atoms with van der Waals surface area (Å²) in [5.41, 5.74) is 5.34. The van der Waals surface area contributed by atoms with E-state index in [1.807, 2.05) is 53.3 Å². The second-order valence-corrected chi connectivity index (χ2v) is 5.73. The highest BCUT2D eigenvalue weighted by atomic mass is 32.1. The molecule has 3 rings (SSSR count). The van der Waals surface area contributed by atoms with Crippen LogP contribution >= 0.6 is 11.3 Å². The normalized spacial score (nSPS) is 11.8. The molecule has 0 fully saturated rings. The number of nitrogens with zero attached hydrogens (tertiary/aromatic N) is 3. The second kappa shape index (κ2) is 6.53. The molecule has 0 atom stereocenters. The molecule has 0 spiro atoms. The number of rotatable bonds is 5. The van der Waals surface area contributed by atoms with Crippen LogP contribution in [0.15, 0.2) is 53.2 Å². The monoisotopic (exact) mass is 312 g/mol. The predicted molar refractivity (Wildman–Crippen MR) is 89.0 cm³/mol. The minimum atomic E-state index is -0.161. The van der Waals surface area contributed by atoms with E-state index >= 15 is 0 Å². The number of aromatic nitrogens is 2. The van der Waals surface area contributed by atoms with Crippen molar-refractivity contribution in [3.63, 3.8) is 0 Å². The molecule has 3 aromatic rings. The largest absolute Gasteiger partial charge is 0.321 e. The SMILES string of the molecule is CC/C(=N/NC(=O)Cn1cnc2ccccc21)c1cccs1. The average molecular weight is 312 g/mol. The highest BCUT2D eigenvalue weighted by Crippen LogP contribution is 2.12. The van der Waals surface area contributed by atoms with Crippen molar-refractivity contribution in [2.75, 3.05) is 0 Å². The van der Waals surface area contributed by atoms with E-state index in [2.05, 4.69) is 15.5 Å². The molecule has 0 aliphatic heterocycles. The molecular weight excluding hydrogens is 296 g/mol. The van der Waals surface area contributed by atoms with Gasteiger partial charge in [-0.15, -0.1) is 11.3 Å². The molecule has 0 bridgehead atoms. The van der Waals surface area contributed by atoms with Crippen LogP contribution in [0.4, 0.5) is 0 Å². The molecule has 2 heterocycles. The molecule has 22 heavy (non-hydrogen) atoms. The number of thiophene rings is 1. The van der Waals surface area contributed by atoms with Crippen LogP contribution < -0.4 is 5.43 Å². The Hall–Kier alpha value is -2.47. The molecule has 1 aromatic carbocycles. The number of carbonyl (C=O) groups is 1. The van der Waals surface area contributed by atoms with Gasteiger partial charge in [0.25, 0.3) is 5.91 Å². The zero-order valence-corrected chi connectivity index (χ0v) is 13.0. The van der Waals surface area contributed by atoms with Crippen molar-refractivity contribution >= 4 is 34.0 Å². The van der Waals surface area contributed by atoms with Crippen molar-refractivity contribution in [1.82, 2.24) is 15.0 Å². The van der Waals surface area contributed by atoms with Gasteiger partial charge in [0.05, 0.1) is 27.9 Å². The first-order valence-corrected chi connectivity index (χ1v) is 7.95. The van der Waals surface area contributed by atoms with Gasteiger partial charge in [-0.1, -0.05) is 25.1 Å². The van der Waals surface area contributed by atoms with Crippen LogP contribution in [0.3, 0.4) is 0 Å². The van der Waals surface area contributed by atoms with Gasteiger partial charge in [0.15, 0.2) is 0 Å². The summed E-state index contributed by atoms with van der Waals surface area (Å²) >= 11 is 1.62. The lowest BCUT2D eigenvalue weighted by atomic mass is 10.2. The standard InChI is InChI=1S/C16H16N4OS/c1-2-12(15-8-5-9-22-15)18-19-16(21)10-20-11-17-13-6-3-4-7-14(13)20/h3-9,11H,2,10H2,1H3,(H,19,21)/b18-12-. The maximum atomic E-state index is 12.1. The van der Waals surface area contributed by atoms with Crippen LogP contribution in [-0.4, -0.2) is 21.2 Å². The third-order valence-corrected chi connectivity index (χ3v) is 4.22. The Balaban J connectivity index is 1.70. The van der Waals surface area contributed by atoms with Crippen LogP contribution in [0.1, 0.15) is 18.2 Å². The van der Waals surface area contributed by atoms with Crippen molar-refractivity contribution in [2.45, 2.75) is 19.9 Å². The molecule has 0 saturated carbocycles. The Labute approximate surface area is 132 Å². The third kappa shape index (κ3) is 3.07. The number of benzene rings is 1. The minimum Gasteiger partial charge on any atom is -0.321 e. The molecule has 1 amide bonds. The number of fused-ring (bicyclic) bond motifs is 1. The van der Waals surface area contributed by atoms with Crippen molar-refractivity contribution < 1.29 is 4.79 Å². The van der Waals surface area contributed by atoms with E-state index in [4.69, 9.17) is 0 Å². The van der Waals surface area contributed by atoms with E-state index in [0.29, 0.717) is 0 Å². The van der Waals surface area contributed by atoms with E-state index < -0.39 is 0 Å². The lowest BCUT2D eigenvalue weighted by Crippen LogP contribution is -2.24. The topological polar surface area (TPSA) is 59.3 Å². The summed E-state index contributed by atoms with van der Waals surface area (Å²) in [5.74, 6) is -0.161. The third-order valence-electron chi connectivity index (χ3n) is 3.30. The van der Waals surface area contributed by atoms with Crippen LogP contribution in [0.2, 0.25) is 0 Å². The van der Waals surface area contributed by atoms with Crippen molar-refractivity contribution in [3.8, 4) is 0 Å². The molecule has 1 N–H and O–H groups in total. The first-order valence-electron chi connectivity index (χ1n) is 7.07. The Kier molecular flexibility index (Phi) is 4.29. The van der Waals surface area contributed by atoms with Gasteiger partial charge in [-0.3, -0.25) is 4.79 Å². The smallest absolute Gasteiger partial charge is 0.260 e. The molecular formula is C16H16N4OS. The molecule has 5 nitrogen and oxygen atoms in total. The first-order chi connectivity index (χ1) is 10.8. The van der Waals surface area contributed by atoms with Crippen LogP contribution in [-0.2, 0) is 11.3 Å². The fourth-order valence-electron chi connectivity index (χ4n) is 2.21. The van der Waals surface area contributed by atoms with Gasteiger partial charge < -0.3 is 4.57 Å². The molecule has 0 aliphatic rings. The van der Waals surface area contributed by atoms with Gasteiger partial charge >= 0.3 is 0 Å². The highest BCUT2D eigenvalue weighted by molar-refractivity contribution is 7.12. The zero-order chi connectivity index (χ0) is 15.4. The van der Waals surface area contributed by atoms with E-state index in [1.165, 1.54) is 0 Å². The summed E-state index contributed by atoms with van der Waals surface area (Å²) < 4.78 is 1.82. The average Bonchev–Trinajstić information content (AvgIpc) is 3.19. The molecule has 0 radical (unpaired) electrons. The molecule has 0 saturated heterocycles. The summed E-state index contributed by atoms with van der Waals surface area (Å²) in [7, 11) is 0. The Morgan fingerprint density at radius 3 is 2.95 bits per heavy atom. The predicted octanol–water partition coefficient (Wildman–Crippen LogP) is 3.03. The number of amides is 1. The van der Waals surface area contributed by atoms with Gasteiger partial charge in [0, 0.05) is 0 Å². The number of nitrogens with one attached hydrogen (secondary N) is 1. The lowest BCUT2D eigenvalue weighted by molar-refractivity contribution is -0.121. The quantitative estimate of drug-likeness (QED) is 0.581. The number of hydrogen-bond acceptors (Lipinski definition) is 4. The van der Waals surface area contributed by atoms with Gasteiger partial charge in [-0.2, -0.15) is 5.10 Å². The van der Waals surface area contributed by atoms with E-state index in [0.717, 1.165) is 28.0 Å². The van der Waals surface area contributed by atoms with E-state index in [9.17, 15) is 4.79 Å². The summed E-state index contributed by atoms with van der Waals surface area (Å²) in [6, 6.07) is 11.7. The molecule has 0 unspecified atom stereocenters. The van der Waals surface area contributed by atoms with Gasteiger partial charge in [0.2, 0.25) is 0 Å². The highest BCUT2D eigenvalue weighted by Gasteiger charge is 2.07. The molecule has 112 valence electrons. The maximum absolute atomic E-state index is 12.1. The van der Waals surface area contributed by atoms with Crippen molar-refractivity contribution in [1.29, 1.82) is 0 Å². The maximum Gasteiger partial charge on any atom is 0.260 e. The fourth-order valence-corrected chi connectivity index (χ4v) is 2.99. The number of hydrogen-bond donors (Lipinski definition) is 1. The Morgan fingerprint density at radius 1 is 1.32 bits per heavy atom. The molecule has 6 heteroatoms. The van der Waals surface area contributed by atoms with Gasteiger partial charge in [-0.05, 0) is 30.0 Å². The summed E-state index contributed by atoms with van der Waals surface area (Å²) in [4.78, 5) is 17.4. The number of hydrazone groups is 1. The first kappa shape index (κ1) is 14.5. The van der Waals surface area contributed by atoms with Crippen molar-refractivity contribution in [2.24, 2.45) is 5.10 Å². The molecule has 0 aliphatic carbocycles. The summed E-state index contributed by atoms with van der Waals surface area (Å²) in [6.07, 6.45) is 2.45. The fraction of sp³-hybridized carbons (Fsp3) is 0.188. The summed E-state index contributed by atoms with van der Waals surface area (Å²) in [6.45, 7) is 2.22. The van der Waals surface area contributed by atoms with Crippen LogP contribution in [0, 0.1) is 0 Å². The Morgan fingerprint density at radius 2 is 2.18 bits per heavy atom. The summed E-state index contributed by atoms with van der Waals surface area (Å²) in [5, 5.41) is 6.24. The number of carbonyl (C=O) groups excluding carboxylic acids is 1. The van der Waals surface area contributed by atoms with Crippen LogP contribution in [0.5, 0.6) is 0 Å². The second-order valence-electron chi connectivity index (χ2n) is 4.79. The van der Waals surface area contributed by atoms with E-state index in [1.54, 1.807) is 17.7 Å². The van der Waals surface area contributed by atoms with Gasteiger partial charge in [-0.25, -0.2) is 10.4 Å². The lowest BCUT2D eigenvalue weighted by Gasteiger charge is -2.05. The minimum absolute atomic E-state index is 0.161. The molecule has 2 aromatic heterocycles. The Bertz CT molecular complexity index is 805. The van der Waals surface area contributed by atoms with Gasteiger partial charge in [0.1, 0.15) is 6.54 Å². The number of imidazole rings is 1.